The van der Waals surface area contributed by atoms with E-state index in [2.05, 4.69) is 16.7 Å². The highest BCUT2D eigenvalue weighted by Gasteiger charge is 2.49. The van der Waals surface area contributed by atoms with E-state index < -0.39 is 114 Å². The van der Waals surface area contributed by atoms with Crippen molar-refractivity contribution >= 4 is 35.2 Å². The van der Waals surface area contributed by atoms with E-state index in [0.29, 0.717) is 45.6 Å². The molecule has 86 heavy (non-hydrogen) atoms. The third-order valence-corrected chi connectivity index (χ3v) is 15.2. The number of β-lactam (4-membered cyclic amide) rings is 1. The summed E-state index contributed by atoms with van der Waals surface area (Å²) in [5, 5.41) is 84.6. The van der Waals surface area contributed by atoms with Crippen LogP contribution >= 0.6 is 0 Å². The molecule has 0 saturated carbocycles. The Morgan fingerprint density at radius 2 is 1.16 bits per heavy atom. The summed E-state index contributed by atoms with van der Waals surface area (Å²) in [6.45, 7) is -0.938. The highest BCUT2D eigenvalue weighted by molar-refractivity contribution is 6.03. The highest BCUT2D eigenvalue weighted by atomic mass is 19.1. The van der Waals surface area contributed by atoms with Crippen molar-refractivity contribution in [3.63, 3.8) is 0 Å². The average Bonchev–Trinajstić information content (AvgIpc) is 0.905. The fourth-order valence-corrected chi connectivity index (χ4v) is 10.4. The number of nitrogens with zero attached hydrogens (tertiary/aromatic N) is 3. The van der Waals surface area contributed by atoms with Crippen molar-refractivity contribution in [1.82, 2.24) is 10.2 Å². The maximum atomic E-state index is 14.5. The normalized spacial score (nSPS) is 18.3. The number of carbonyl (C=O) groups is 4. The zero-order chi connectivity index (χ0) is 61.6. The molecule has 7 aromatic carbocycles. The molecule has 4 amide bonds. The number of ether oxygens (including phenoxy) is 1. The zero-order valence-electron chi connectivity index (χ0n) is 46.1. The Kier molecular flexibility index (Phi) is 21.5. The first-order valence-corrected chi connectivity index (χ1v) is 27.6. The van der Waals surface area contributed by atoms with Crippen molar-refractivity contribution in [2.45, 2.75) is 87.0 Å². The number of hydrogen-bond donors (Lipinski definition) is 9. The second-order valence-corrected chi connectivity index (χ2v) is 20.8. The van der Waals surface area contributed by atoms with Crippen LogP contribution in [0.25, 0.3) is 0 Å². The molecule has 11 atom stereocenters. The van der Waals surface area contributed by atoms with Gasteiger partial charge in [0.1, 0.15) is 54.2 Å². The molecule has 2 aliphatic heterocycles. The molecule has 2 fully saturated rings. The Hall–Kier alpha value is -8.85. The molecule has 2 aliphatic rings. The number of anilines is 2. The molecule has 448 valence electrons. The lowest BCUT2D eigenvalue weighted by Gasteiger charge is -2.48. The number of hydrogen-bond acceptors (Lipinski definition) is 14. The van der Waals surface area contributed by atoms with Gasteiger partial charge in [-0.3, -0.25) is 14.4 Å². The summed E-state index contributed by atoms with van der Waals surface area (Å²) in [7, 11) is 0. The molecule has 2 heterocycles. The van der Waals surface area contributed by atoms with Crippen LogP contribution in [0.1, 0.15) is 95.0 Å². The third-order valence-electron chi connectivity index (χ3n) is 15.2. The minimum Gasteiger partial charge on any atom is -0.446 e. The third kappa shape index (κ3) is 15.5. The van der Waals surface area contributed by atoms with Gasteiger partial charge < -0.3 is 56.0 Å². The van der Waals surface area contributed by atoms with Crippen LogP contribution < -0.4 is 15.5 Å². The highest BCUT2D eigenvalue weighted by Crippen LogP contribution is 2.47. The summed E-state index contributed by atoms with van der Waals surface area (Å²) in [4.78, 5) is 55.7. The van der Waals surface area contributed by atoms with E-state index >= 15 is 0 Å². The van der Waals surface area contributed by atoms with Gasteiger partial charge in [-0.2, -0.15) is 5.26 Å². The zero-order valence-corrected chi connectivity index (χ0v) is 46.1. The number of benzene rings is 7. The van der Waals surface area contributed by atoms with Crippen molar-refractivity contribution in [2.24, 2.45) is 11.8 Å². The number of carbonyl (C=O) groups excluding carboxylic acids is 4. The van der Waals surface area contributed by atoms with Crippen molar-refractivity contribution in [2.75, 3.05) is 23.4 Å². The van der Waals surface area contributed by atoms with Gasteiger partial charge in [-0.25, -0.2) is 27.3 Å². The summed E-state index contributed by atoms with van der Waals surface area (Å²) in [6, 6.07) is 45.0. The van der Waals surface area contributed by atoms with Crippen molar-refractivity contribution in [1.29, 1.82) is 5.26 Å². The van der Waals surface area contributed by atoms with Crippen molar-refractivity contribution < 1.29 is 77.2 Å². The first-order valence-electron chi connectivity index (χ1n) is 27.6. The van der Waals surface area contributed by atoms with Crippen LogP contribution in [0.4, 0.5) is 33.7 Å². The second kappa shape index (κ2) is 29.3. The number of halogens is 4. The number of nitrogens with one attached hydrogen (secondary N) is 2. The van der Waals surface area contributed by atoms with Crippen LogP contribution in [0.3, 0.4) is 0 Å². The molecule has 9 rings (SSSR count). The summed E-state index contributed by atoms with van der Waals surface area (Å²) < 4.78 is 59.4. The Bertz CT molecular complexity index is 3420. The minimum absolute atomic E-state index is 0.00751. The second-order valence-electron chi connectivity index (χ2n) is 20.8. The van der Waals surface area contributed by atoms with E-state index in [-0.39, 0.29) is 38.3 Å². The average molecular weight is 1180 g/mol. The van der Waals surface area contributed by atoms with Crippen LogP contribution in [0, 0.1) is 46.4 Å². The van der Waals surface area contributed by atoms with Gasteiger partial charge in [-0.15, -0.1) is 0 Å². The maximum absolute atomic E-state index is 14.5. The molecular weight excluding hydrogens is 1120 g/mol. The summed E-state index contributed by atoms with van der Waals surface area (Å²) in [5.41, 5.74) is 5.19. The smallest absolute Gasteiger partial charge is 0.417 e. The van der Waals surface area contributed by atoms with Crippen LogP contribution in [-0.2, 0) is 25.7 Å². The summed E-state index contributed by atoms with van der Waals surface area (Å²) in [6.07, 6.45) is -9.67. The number of aliphatic hydroxyl groups is 7. The topological polar surface area (TPSA) is 273 Å². The standard InChI is InChI=1S/C34H29F2N3O4.C31H34F2N2O8/c35-26-12-10-24(11-13-26)31(40)19-18-29(33(41)39-30(21-43-34(39)42)23-4-2-1-3-5-23)32(25-8-6-22(20-37)7-9-25)38-28-16-14-27(36)15-17-28;32-20-7-5-18(6-8-20)24(37)14-13-23-26(35(31(23)43)22-11-9-21(33)10-12-22)19-3-1-17(2-4-19)15-34-30(42)29(41)28(40)27(39)25(38)16-36/h1-17,29-32,38,40H,18-19,21H2;1-12,23-29,36-41H,13-16H2,(H,34,42). The van der Waals surface area contributed by atoms with E-state index in [1.54, 1.807) is 53.4 Å². The number of rotatable bonds is 23. The number of aliphatic hydroxyl groups excluding tert-OH is 7. The molecule has 7 aromatic rings. The number of imide groups is 1. The van der Waals surface area contributed by atoms with Gasteiger partial charge in [0.25, 0.3) is 5.91 Å². The van der Waals surface area contributed by atoms with Crippen LogP contribution in [0.15, 0.2) is 176 Å². The predicted molar refractivity (Wildman–Crippen MR) is 305 cm³/mol. The molecule has 0 radical (unpaired) electrons. The molecule has 17 nitrogen and oxygen atoms in total. The van der Waals surface area contributed by atoms with Crippen LogP contribution in [0.5, 0.6) is 0 Å². The van der Waals surface area contributed by atoms with Gasteiger partial charge in [-0.05, 0) is 144 Å². The molecule has 0 bridgehead atoms. The van der Waals surface area contributed by atoms with Crippen molar-refractivity contribution in [3.8, 4) is 6.07 Å². The van der Waals surface area contributed by atoms with Crippen LogP contribution in [0.2, 0.25) is 0 Å². The van der Waals surface area contributed by atoms with E-state index in [1.807, 2.05) is 30.3 Å². The molecule has 11 unspecified atom stereocenters. The predicted octanol–water partition coefficient (Wildman–Crippen LogP) is 8.07. The molecule has 21 heteroatoms. The molecule has 9 N–H and O–H groups in total. The van der Waals surface area contributed by atoms with E-state index in [0.717, 1.165) is 16.0 Å². The molecule has 2 saturated heterocycles. The van der Waals surface area contributed by atoms with Gasteiger partial charge >= 0.3 is 6.09 Å². The summed E-state index contributed by atoms with van der Waals surface area (Å²) in [5.74, 6) is -4.88. The number of nitriles is 1. The Labute approximate surface area is 492 Å². The Balaban J connectivity index is 0.000000223. The molecule has 0 aromatic heterocycles. The van der Waals surface area contributed by atoms with Gasteiger partial charge in [0.2, 0.25) is 11.8 Å². The molecule has 0 spiro atoms. The largest absolute Gasteiger partial charge is 0.446 e. The molecule has 0 aliphatic carbocycles. The van der Waals surface area contributed by atoms with Gasteiger partial charge in [0, 0.05) is 17.9 Å². The Morgan fingerprint density at radius 3 is 1.72 bits per heavy atom. The minimum atomic E-state index is -2.06. The maximum Gasteiger partial charge on any atom is 0.417 e. The van der Waals surface area contributed by atoms with E-state index in [4.69, 9.17) is 9.84 Å². The first kappa shape index (κ1) is 63.2. The SMILES string of the molecule is N#Cc1ccc(C(Nc2ccc(F)cc2)C(CCC(O)c2ccc(F)cc2)C(=O)N2C(=O)OCC2c2ccccc2)cc1.O=C(NCc1ccc(C2C(CCC(O)c3ccc(F)cc3)C(=O)N2c2ccc(F)cc2)cc1)C(O)C(O)C(O)C(O)CO. The van der Waals surface area contributed by atoms with Gasteiger partial charge in [0.15, 0.2) is 6.10 Å². The van der Waals surface area contributed by atoms with E-state index in [9.17, 15) is 72.6 Å². The lowest BCUT2D eigenvalue weighted by atomic mass is 9.78. The Morgan fingerprint density at radius 1 is 0.628 bits per heavy atom. The summed E-state index contributed by atoms with van der Waals surface area (Å²) >= 11 is 0. The van der Waals surface area contributed by atoms with Crippen LogP contribution in [-0.4, -0.2) is 102 Å². The first-order chi connectivity index (χ1) is 41.3. The van der Waals surface area contributed by atoms with Crippen molar-refractivity contribution in [3.05, 3.63) is 238 Å². The lowest BCUT2D eigenvalue weighted by molar-refractivity contribution is -0.149. The molecular formula is C65H63F4N5O12. The quantitative estimate of drug-likeness (QED) is 0.0217. The van der Waals surface area contributed by atoms with Gasteiger partial charge in [-0.1, -0.05) is 91.0 Å². The monoisotopic (exact) mass is 1180 g/mol. The fourth-order valence-electron chi connectivity index (χ4n) is 10.4. The number of cyclic esters (lactones) is 1. The number of amides is 4. The fraction of sp³-hybridized carbons (Fsp3) is 0.277. The van der Waals surface area contributed by atoms with E-state index in [1.165, 1.54) is 97.1 Å². The van der Waals surface area contributed by atoms with Gasteiger partial charge in [0.05, 0.1) is 54.4 Å². The lowest BCUT2D eigenvalue weighted by Crippen LogP contribution is -2.55.